The smallest absolute Gasteiger partial charge is 0.238 e. The van der Waals surface area contributed by atoms with E-state index in [1.54, 1.807) is 12.1 Å². The Morgan fingerprint density at radius 2 is 1.53 bits per heavy atom. The second-order valence-corrected chi connectivity index (χ2v) is 11.2. The van der Waals surface area contributed by atoms with Gasteiger partial charge in [-0.1, -0.05) is 54.6 Å². The van der Waals surface area contributed by atoms with Crippen LogP contribution in [0.5, 0.6) is 0 Å². The second-order valence-electron chi connectivity index (χ2n) is 9.27. The average Bonchev–Trinajstić information content (AvgIpc) is 3.70. The highest BCUT2D eigenvalue weighted by molar-refractivity contribution is 7.12. The summed E-state index contributed by atoms with van der Waals surface area (Å²) in [4.78, 5) is 45.9. The van der Waals surface area contributed by atoms with Crippen molar-refractivity contribution in [2.75, 3.05) is 5.32 Å². The Morgan fingerprint density at radius 3 is 2.28 bits per heavy atom. The fraction of sp³-hybridized carbons (Fsp3) is 0.138. The molecule has 7 rings (SSSR count). The Hall–Kier alpha value is -3.81. The van der Waals surface area contributed by atoms with Gasteiger partial charge in [-0.25, -0.2) is 0 Å². The van der Waals surface area contributed by atoms with Gasteiger partial charge in [0, 0.05) is 11.9 Å². The van der Waals surface area contributed by atoms with Gasteiger partial charge in [0.1, 0.15) is 11.5 Å². The number of para-hydroxylation sites is 1. The molecule has 4 aromatic rings. The standard InChI is InChI=1S/C29H20N2O3S2/c32-25(21-11-5-15-35-21)23-24(26(33)22-12-6-16-36-22)31-14-13-17-7-1-2-8-18(17)27(31)29(23)19-9-3-4-10-20(19)30-28(29)34/h1-16,23-24,27H,(H,30,34)/t23-,24+,27+,29-/m1/s1. The molecular weight excluding hydrogens is 488 g/mol. The maximum absolute atomic E-state index is 14.4. The first kappa shape index (κ1) is 21.5. The van der Waals surface area contributed by atoms with Gasteiger partial charge in [-0.3, -0.25) is 14.4 Å². The lowest BCUT2D eigenvalue weighted by Crippen LogP contribution is -2.49. The largest absolute Gasteiger partial charge is 0.358 e. The molecule has 36 heavy (non-hydrogen) atoms. The Bertz CT molecular complexity index is 1560. The van der Waals surface area contributed by atoms with Crippen LogP contribution in [0.25, 0.3) is 6.08 Å². The topological polar surface area (TPSA) is 66.5 Å². The summed E-state index contributed by atoms with van der Waals surface area (Å²) in [5, 5.41) is 6.79. The summed E-state index contributed by atoms with van der Waals surface area (Å²) in [5.74, 6) is -1.45. The lowest BCUT2D eigenvalue weighted by Gasteiger charge is -2.38. The Morgan fingerprint density at radius 1 is 0.833 bits per heavy atom. The predicted molar refractivity (Wildman–Crippen MR) is 141 cm³/mol. The van der Waals surface area contributed by atoms with Gasteiger partial charge < -0.3 is 10.2 Å². The normalized spacial score (nSPS) is 25.4. The monoisotopic (exact) mass is 508 g/mol. The zero-order valence-corrected chi connectivity index (χ0v) is 20.6. The molecule has 2 aromatic heterocycles. The van der Waals surface area contributed by atoms with Crippen LogP contribution in [0.2, 0.25) is 0 Å². The molecule has 5 nitrogen and oxygen atoms in total. The van der Waals surface area contributed by atoms with E-state index in [0.29, 0.717) is 15.4 Å². The van der Waals surface area contributed by atoms with Crippen molar-refractivity contribution in [3.8, 4) is 0 Å². The summed E-state index contributed by atoms with van der Waals surface area (Å²) >= 11 is 2.71. The molecule has 1 saturated heterocycles. The molecule has 0 saturated carbocycles. The number of rotatable bonds is 4. The van der Waals surface area contributed by atoms with Crippen molar-refractivity contribution in [1.29, 1.82) is 0 Å². The molecule has 0 unspecified atom stereocenters. The molecule has 1 spiro atoms. The number of nitrogens with zero attached hydrogens (tertiary/aromatic N) is 1. The van der Waals surface area contributed by atoms with E-state index in [4.69, 9.17) is 0 Å². The highest BCUT2D eigenvalue weighted by atomic mass is 32.1. The number of ketones is 2. The summed E-state index contributed by atoms with van der Waals surface area (Å²) in [5.41, 5.74) is 2.13. The van der Waals surface area contributed by atoms with Gasteiger partial charge in [0.25, 0.3) is 0 Å². The number of benzene rings is 2. The van der Waals surface area contributed by atoms with Crippen LogP contribution in [0.1, 0.15) is 42.1 Å². The van der Waals surface area contributed by atoms with E-state index >= 15 is 0 Å². The minimum Gasteiger partial charge on any atom is -0.358 e. The molecule has 3 aliphatic rings. The molecule has 4 atom stereocenters. The Kier molecular flexibility index (Phi) is 4.68. The number of thiophene rings is 2. The van der Waals surface area contributed by atoms with Crippen molar-refractivity contribution in [2.24, 2.45) is 5.92 Å². The number of Topliss-reactive ketones (excluding diaryl/α,β-unsaturated/α-hetero) is 2. The van der Waals surface area contributed by atoms with Crippen LogP contribution in [0.4, 0.5) is 5.69 Å². The molecule has 0 aliphatic carbocycles. The van der Waals surface area contributed by atoms with Crippen molar-refractivity contribution in [2.45, 2.75) is 17.5 Å². The Balaban J connectivity index is 1.56. The quantitative estimate of drug-likeness (QED) is 0.354. The minimum absolute atomic E-state index is 0.136. The molecule has 1 N–H and O–H groups in total. The van der Waals surface area contributed by atoms with E-state index < -0.39 is 23.4 Å². The summed E-state index contributed by atoms with van der Waals surface area (Å²) in [7, 11) is 0. The number of amides is 1. The predicted octanol–water partition coefficient (Wildman–Crippen LogP) is 5.79. The first-order chi connectivity index (χ1) is 17.6. The fourth-order valence-electron chi connectivity index (χ4n) is 6.30. The third-order valence-electron chi connectivity index (χ3n) is 7.65. The van der Waals surface area contributed by atoms with E-state index in [2.05, 4.69) is 5.32 Å². The molecule has 0 bridgehead atoms. The zero-order valence-electron chi connectivity index (χ0n) is 19.0. The van der Waals surface area contributed by atoms with Crippen LogP contribution in [0, 0.1) is 5.92 Å². The van der Waals surface area contributed by atoms with E-state index in [1.807, 2.05) is 88.6 Å². The maximum Gasteiger partial charge on any atom is 0.238 e. The molecule has 5 heterocycles. The van der Waals surface area contributed by atoms with Gasteiger partial charge >= 0.3 is 0 Å². The lowest BCUT2D eigenvalue weighted by atomic mass is 9.63. The summed E-state index contributed by atoms with van der Waals surface area (Å²) in [6.07, 6.45) is 3.88. The number of carbonyl (C=O) groups excluding carboxylic acids is 3. The fourth-order valence-corrected chi connectivity index (χ4v) is 7.71. The lowest BCUT2D eigenvalue weighted by molar-refractivity contribution is -0.122. The van der Waals surface area contributed by atoms with Crippen LogP contribution >= 0.6 is 22.7 Å². The van der Waals surface area contributed by atoms with E-state index in [9.17, 15) is 14.4 Å². The first-order valence-electron chi connectivity index (χ1n) is 11.7. The van der Waals surface area contributed by atoms with Gasteiger partial charge in [0.05, 0.1) is 21.7 Å². The van der Waals surface area contributed by atoms with Gasteiger partial charge in [-0.2, -0.15) is 0 Å². The summed E-state index contributed by atoms with van der Waals surface area (Å²) in [6, 6.07) is 21.4. The van der Waals surface area contributed by atoms with Crippen molar-refractivity contribution in [3.05, 3.63) is 116 Å². The molecule has 2 aromatic carbocycles. The van der Waals surface area contributed by atoms with Crippen molar-refractivity contribution >= 4 is 51.9 Å². The molecule has 176 valence electrons. The van der Waals surface area contributed by atoms with Gasteiger partial charge in [0.15, 0.2) is 11.6 Å². The van der Waals surface area contributed by atoms with E-state index in [0.717, 1.165) is 16.7 Å². The van der Waals surface area contributed by atoms with E-state index in [1.165, 1.54) is 22.7 Å². The third kappa shape index (κ3) is 2.72. The number of carbonyl (C=O) groups is 3. The molecule has 0 radical (unpaired) electrons. The molecule has 1 fully saturated rings. The molecule has 7 heteroatoms. The molecule has 3 aliphatic heterocycles. The van der Waals surface area contributed by atoms with Gasteiger partial charge in [-0.15, -0.1) is 22.7 Å². The minimum atomic E-state index is -1.27. The molecular formula is C29H20N2O3S2. The maximum atomic E-state index is 14.4. The highest BCUT2D eigenvalue weighted by Crippen LogP contribution is 2.62. The van der Waals surface area contributed by atoms with E-state index in [-0.39, 0.29) is 17.5 Å². The zero-order chi connectivity index (χ0) is 24.4. The number of hydrogen-bond acceptors (Lipinski definition) is 6. The number of anilines is 1. The highest BCUT2D eigenvalue weighted by Gasteiger charge is 2.70. The summed E-state index contributed by atoms with van der Waals surface area (Å²) in [6.45, 7) is 0. The SMILES string of the molecule is O=C(c1cccs1)[C@@H]1[C@H](C(=O)c2cccs2)[C@@]2(C(=O)Nc3ccccc32)[C@@H]2c3ccccc3C=CN12. The van der Waals surface area contributed by atoms with Crippen LogP contribution < -0.4 is 5.32 Å². The van der Waals surface area contributed by atoms with Crippen LogP contribution in [-0.2, 0) is 10.2 Å². The van der Waals surface area contributed by atoms with Crippen LogP contribution in [-0.4, -0.2) is 28.4 Å². The summed E-state index contributed by atoms with van der Waals surface area (Å²) < 4.78 is 0. The number of hydrogen-bond donors (Lipinski definition) is 1. The number of fused-ring (bicyclic) bond motifs is 6. The van der Waals surface area contributed by atoms with Crippen LogP contribution in [0.3, 0.4) is 0 Å². The van der Waals surface area contributed by atoms with Crippen LogP contribution in [0.15, 0.2) is 89.8 Å². The first-order valence-corrected chi connectivity index (χ1v) is 13.5. The Labute approximate surface area is 215 Å². The number of nitrogens with one attached hydrogen (secondary N) is 1. The third-order valence-corrected chi connectivity index (χ3v) is 9.42. The average molecular weight is 509 g/mol. The molecule has 1 amide bonds. The van der Waals surface area contributed by atoms with Crippen molar-refractivity contribution in [1.82, 2.24) is 4.90 Å². The second kappa shape index (κ2) is 7.85. The van der Waals surface area contributed by atoms with Gasteiger partial charge in [0.2, 0.25) is 5.91 Å². The van der Waals surface area contributed by atoms with Crippen molar-refractivity contribution < 1.29 is 14.4 Å². The van der Waals surface area contributed by atoms with Gasteiger partial charge in [-0.05, 0) is 51.7 Å². The van der Waals surface area contributed by atoms with Crippen molar-refractivity contribution in [3.63, 3.8) is 0 Å².